The number of aryl methyl sites for hydroxylation is 3. The lowest BCUT2D eigenvalue weighted by Crippen LogP contribution is -2.52. The van der Waals surface area contributed by atoms with Crippen molar-refractivity contribution < 1.29 is 28.3 Å². The number of halogens is 2. The molecule has 216 valence electrons. The molecule has 0 spiro atoms. The van der Waals surface area contributed by atoms with E-state index in [9.17, 15) is 28.3 Å². The predicted octanol–water partition coefficient (Wildman–Crippen LogP) is 7.35. The normalized spacial score (nSPS) is 15.1. The molecular weight excluding hydrogens is 528 g/mol. The van der Waals surface area contributed by atoms with Gasteiger partial charge < -0.3 is 21.1 Å². The van der Waals surface area contributed by atoms with Crippen molar-refractivity contribution in [3.8, 4) is 11.1 Å². The van der Waals surface area contributed by atoms with Gasteiger partial charge in [0.2, 0.25) is 0 Å². The molecular formula is C32H35F2N3O4. The third-order valence-electron chi connectivity index (χ3n) is 7.84. The maximum atomic E-state index is 14.0. The Kier molecular flexibility index (Phi) is 8.75. The summed E-state index contributed by atoms with van der Waals surface area (Å²) < 4.78 is 27.9. The molecule has 9 heteroatoms. The van der Waals surface area contributed by atoms with E-state index in [1.165, 1.54) is 18.2 Å². The first-order valence-electron chi connectivity index (χ1n) is 13.7. The van der Waals surface area contributed by atoms with Crippen LogP contribution in [0, 0.1) is 37.8 Å². The van der Waals surface area contributed by atoms with Gasteiger partial charge in [0.25, 0.3) is 5.91 Å². The van der Waals surface area contributed by atoms with Crippen molar-refractivity contribution in [2.45, 2.75) is 65.8 Å². The van der Waals surface area contributed by atoms with Gasteiger partial charge >= 0.3 is 12.0 Å². The van der Waals surface area contributed by atoms with Crippen LogP contribution in [0.4, 0.5) is 25.0 Å². The molecule has 7 nitrogen and oxygen atoms in total. The number of carbonyl (C=O) groups is 3. The lowest BCUT2D eigenvalue weighted by atomic mass is 9.70. The van der Waals surface area contributed by atoms with Crippen molar-refractivity contribution in [1.29, 1.82) is 0 Å². The first-order chi connectivity index (χ1) is 19.4. The van der Waals surface area contributed by atoms with Gasteiger partial charge in [-0.1, -0.05) is 49.9 Å². The van der Waals surface area contributed by atoms with E-state index in [4.69, 9.17) is 0 Å². The Labute approximate surface area is 238 Å². The lowest BCUT2D eigenvalue weighted by Gasteiger charge is -2.38. The second-order valence-electron chi connectivity index (χ2n) is 11.2. The highest BCUT2D eigenvalue weighted by molar-refractivity contribution is 6.08. The van der Waals surface area contributed by atoms with Crippen LogP contribution in [-0.4, -0.2) is 29.1 Å². The first kappa shape index (κ1) is 29.7. The summed E-state index contributed by atoms with van der Waals surface area (Å²) in [7, 11) is 0. The van der Waals surface area contributed by atoms with Crippen LogP contribution in [0.1, 0.15) is 66.1 Å². The summed E-state index contributed by atoms with van der Waals surface area (Å²) >= 11 is 0. The summed E-state index contributed by atoms with van der Waals surface area (Å²) in [5.41, 5.74) is 3.37. The standard InChI is InChI=1S/C32H35F2N3O4/c1-18-12-19(2)27(20(3)13-18)36-31(41)35-26-16-21(22-14-23(33)17-24(34)15-22)8-9-25(26)29(38)37-28(30(39)40)32(4)10-6-5-7-11-32/h8-9,12-17,28H,5-7,10-11H2,1-4H3,(H,37,38)(H,39,40)(H2,35,36,41)/t28-/m1/s1. The number of amides is 3. The Morgan fingerprint density at radius 1 is 0.829 bits per heavy atom. The molecule has 0 aromatic heterocycles. The molecule has 3 amide bonds. The summed E-state index contributed by atoms with van der Waals surface area (Å²) in [6.07, 6.45) is 4.09. The van der Waals surface area contributed by atoms with E-state index >= 15 is 0 Å². The molecule has 1 atom stereocenters. The number of carboxylic acid groups (broad SMARTS) is 1. The van der Waals surface area contributed by atoms with Crippen LogP contribution >= 0.6 is 0 Å². The zero-order valence-electron chi connectivity index (χ0n) is 23.7. The number of aliphatic carboxylic acids is 1. The van der Waals surface area contributed by atoms with Gasteiger partial charge in [-0.2, -0.15) is 0 Å². The van der Waals surface area contributed by atoms with E-state index in [1.54, 1.807) is 0 Å². The topological polar surface area (TPSA) is 108 Å². The number of carboxylic acids is 1. The fourth-order valence-electron chi connectivity index (χ4n) is 5.78. The highest BCUT2D eigenvalue weighted by Gasteiger charge is 2.41. The van der Waals surface area contributed by atoms with Crippen LogP contribution < -0.4 is 16.0 Å². The number of nitrogens with one attached hydrogen (secondary N) is 3. The Morgan fingerprint density at radius 2 is 1.44 bits per heavy atom. The summed E-state index contributed by atoms with van der Waals surface area (Å²) in [6.45, 7) is 7.55. The molecule has 0 saturated heterocycles. The number of hydrogen-bond acceptors (Lipinski definition) is 3. The molecule has 41 heavy (non-hydrogen) atoms. The third kappa shape index (κ3) is 6.90. The van der Waals surface area contributed by atoms with Gasteiger partial charge in [0.05, 0.1) is 11.3 Å². The Hall–Kier alpha value is -4.27. The van der Waals surface area contributed by atoms with Gasteiger partial charge in [-0.25, -0.2) is 18.4 Å². The van der Waals surface area contributed by atoms with E-state index in [0.717, 1.165) is 54.2 Å². The van der Waals surface area contributed by atoms with Crippen LogP contribution in [0.2, 0.25) is 0 Å². The Morgan fingerprint density at radius 3 is 2.02 bits per heavy atom. The van der Waals surface area contributed by atoms with Crippen LogP contribution in [0.3, 0.4) is 0 Å². The van der Waals surface area contributed by atoms with E-state index in [1.807, 2.05) is 39.8 Å². The van der Waals surface area contributed by atoms with Crippen LogP contribution in [0.5, 0.6) is 0 Å². The minimum absolute atomic E-state index is 0.0174. The van der Waals surface area contributed by atoms with Gasteiger partial charge in [-0.3, -0.25) is 4.79 Å². The highest BCUT2D eigenvalue weighted by atomic mass is 19.1. The fourth-order valence-corrected chi connectivity index (χ4v) is 5.78. The van der Waals surface area contributed by atoms with Gasteiger partial charge in [0.1, 0.15) is 17.7 Å². The molecule has 0 radical (unpaired) electrons. The van der Waals surface area contributed by atoms with Crippen molar-refractivity contribution in [3.05, 3.63) is 82.4 Å². The second-order valence-corrected chi connectivity index (χ2v) is 11.2. The lowest BCUT2D eigenvalue weighted by molar-refractivity contribution is -0.143. The zero-order chi connectivity index (χ0) is 29.9. The number of carbonyl (C=O) groups excluding carboxylic acids is 2. The molecule has 0 unspecified atom stereocenters. The molecule has 4 rings (SSSR count). The Bertz CT molecular complexity index is 1450. The number of benzene rings is 3. The quantitative estimate of drug-likeness (QED) is 0.241. The average Bonchev–Trinajstić information content (AvgIpc) is 2.88. The fraction of sp³-hybridized carbons (Fsp3) is 0.344. The number of rotatable bonds is 7. The van der Waals surface area contributed by atoms with E-state index in [-0.39, 0.29) is 16.8 Å². The van der Waals surface area contributed by atoms with Gasteiger partial charge in [-0.15, -0.1) is 0 Å². The highest BCUT2D eigenvalue weighted by Crippen LogP contribution is 2.39. The van der Waals surface area contributed by atoms with Gasteiger partial charge in [-0.05, 0) is 85.5 Å². The maximum Gasteiger partial charge on any atom is 0.326 e. The van der Waals surface area contributed by atoms with Crippen molar-refractivity contribution in [1.82, 2.24) is 5.32 Å². The molecule has 3 aromatic carbocycles. The van der Waals surface area contributed by atoms with Crippen LogP contribution in [0.25, 0.3) is 11.1 Å². The second kappa shape index (κ2) is 12.1. The molecule has 1 saturated carbocycles. The van der Waals surface area contributed by atoms with Crippen molar-refractivity contribution >= 4 is 29.3 Å². The van der Waals surface area contributed by atoms with Crippen LogP contribution in [0.15, 0.2) is 48.5 Å². The summed E-state index contributed by atoms with van der Waals surface area (Å²) in [4.78, 5) is 39.0. The van der Waals surface area contributed by atoms with E-state index < -0.39 is 41.0 Å². The summed E-state index contributed by atoms with van der Waals surface area (Å²) in [5.74, 6) is -3.36. The smallest absolute Gasteiger partial charge is 0.326 e. The van der Waals surface area contributed by atoms with Gasteiger partial charge in [0.15, 0.2) is 0 Å². The van der Waals surface area contributed by atoms with Gasteiger partial charge in [0, 0.05) is 11.8 Å². The Balaban J connectivity index is 1.69. The predicted molar refractivity (Wildman–Crippen MR) is 155 cm³/mol. The van der Waals surface area contributed by atoms with Crippen molar-refractivity contribution in [3.63, 3.8) is 0 Å². The summed E-state index contributed by atoms with van der Waals surface area (Å²) in [5, 5.41) is 18.2. The average molecular weight is 564 g/mol. The molecule has 1 fully saturated rings. The minimum Gasteiger partial charge on any atom is -0.480 e. The molecule has 3 aromatic rings. The molecule has 0 aliphatic heterocycles. The summed E-state index contributed by atoms with van der Waals surface area (Å²) in [6, 6.07) is 9.48. The maximum absolute atomic E-state index is 14.0. The number of hydrogen-bond donors (Lipinski definition) is 4. The zero-order valence-corrected chi connectivity index (χ0v) is 23.7. The minimum atomic E-state index is -1.13. The molecule has 4 N–H and O–H groups in total. The van der Waals surface area contributed by atoms with Crippen molar-refractivity contribution in [2.75, 3.05) is 10.6 Å². The number of urea groups is 1. The van der Waals surface area contributed by atoms with Crippen molar-refractivity contribution in [2.24, 2.45) is 5.41 Å². The molecule has 1 aliphatic carbocycles. The largest absolute Gasteiger partial charge is 0.480 e. The third-order valence-corrected chi connectivity index (χ3v) is 7.84. The molecule has 0 bridgehead atoms. The first-order valence-corrected chi connectivity index (χ1v) is 13.7. The van der Waals surface area contributed by atoms with E-state index in [2.05, 4.69) is 16.0 Å². The number of anilines is 2. The monoisotopic (exact) mass is 563 g/mol. The van der Waals surface area contributed by atoms with E-state index in [0.29, 0.717) is 24.1 Å². The molecule has 1 aliphatic rings. The SMILES string of the molecule is Cc1cc(C)c(NC(=O)Nc2cc(-c3cc(F)cc(F)c3)ccc2C(=O)N[C@H](C(=O)O)C2(C)CCCCC2)c(C)c1. The van der Waals surface area contributed by atoms with Crippen LogP contribution in [-0.2, 0) is 4.79 Å². The molecule has 0 heterocycles.